The monoisotopic (exact) mass is 562 g/mol. The zero-order valence-corrected chi connectivity index (χ0v) is 24.9. The highest BCUT2D eigenvalue weighted by atomic mass is 16.3. The number of primary amides is 1. The van der Waals surface area contributed by atoms with E-state index >= 15 is 0 Å². The molecule has 1 fully saturated rings. The number of nitrogens with one attached hydrogen (secondary N) is 1. The number of rotatable bonds is 15. The van der Waals surface area contributed by atoms with Crippen molar-refractivity contribution in [3.8, 4) is 0 Å². The first-order valence-corrected chi connectivity index (χ1v) is 14.7. The van der Waals surface area contributed by atoms with Crippen molar-refractivity contribution in [2.24, 2.45) is 17.6 Å². The predicted octanol–water partition coefficient (Wildman–Crippen LogP) is 4.65. The van der Waals surface area contributed by atoms with E-state index in [9.17, 15) is 19.5 Å². The summed E-state index contributed by atoms with van der Waals surface area (Å²) in [5.74, 6) is -0.468. The van der Waals surface area contributed by atoms with Gasteiger partial charge in [0.05, 0.1) is 12.1 Å². The highest BCUT2D eigenvalue weighted by Gasteiger charge is 2.28. The highest BCUT2D eigenvalue weighted by molar-refractivity contribution is 5.98. The third-order valence-corrected chi connectivity index (χ3v) is 7.79. The van der Waals surface area contributed by atoms with Gasteiger partial charge < -0.3 is 26.0 Å². The summed E-state index contributed by atoms with van der Waals surface area (Å²) in [6.07, 6.45) is 2.61. The Balaban J connectivity index is 1.93. The van der Waals surface area contributed by atoms with Gasteiger partial charge >= 0.3 is 0 Å². The molecule has 2 aromatic carbocycles. The lowest BCUT2D eigenvalue weighted by atomic mass is 9.88. The first-order valence-electron chi connectivity index (χ1n) is 14.7. The number of benzene rings is 2. The number of hydrogen-bond donors (Lipinski definition) is 3. The van der Waals surface area contributed by atoms with Crippen LogP contribution in [-0.4, -0.2) is 48.1 Å². The Bertz CT molecular complexity index is 1190. The molecule has 3 amide bonds. The Morgan fingerprint density at radius 3 is 2.41 bits per heavy atom. The second kappa shape index (κ2) is 14.8. The van der Waals surface area contributed by atoms with Crippen LogP contribution in [-0.2, 0) is 20.8 Å². The number of nitrogens with zero attached hydrogens (tertiary/aromatic N) is 2. The minimum atomic E-state index is -0.871. The van der Waals surface area contributed by atoms with Crippen LogP contribution < -0.4 is 20.9 Å². The molecule has 2 unspecified atom stereocenters. The van der Waals surface area contributed by atoms with Crippen molar-refractivity contribution < 1.29 is 19.5 Å². The molecule has 3 atom stereocenters. The number of amides is 3. The molecule has 1 aliphatic heterocycles. The molecule has 222 valence electrons. The lowest BCUT2D eigenvalue weighted by Crippen LogP contribution is -2.43. The van der Waals surface area contributed by atoms with E-state index < -0.39 is 24.0 Å². The Morgan fingerprint density at radius 1 is 1.15 bits per heavy atom. The van der Waals surface area contributed by atoms with E-state index in [-0.39, 0.29) is 18.2 Å². The van der Waals surface area contributed by atoms with Crippen LogP contribution in [0.4, 0.5) is 11.4 Å². The minimum Gasteiger partial charge on any atom is -0.391 e. The number of anilines is 2. The van der Waals surface area contributed by atoms with Crippen LogP contribution >= 0.6 is 0 Å². The van der Waals surface area contributed by atoms with Crippen LogP contribution in [0.3, 0.4) is 0 Å². The summed E-state index contributed by atoms with van der Waals surface area (Å²) in [5, 5.41) is 14.9. The molecule has 1 saturated heterocycles. The Kier molecular flexibility index (Phi) is 11.5. The Hall–Kier alpha value is -3.65. The second-order valence-corrected chi connectivity index (χ2v) is 11.4. The highest BCUT2D eigenvalue weighted by Crippen LogP contribution is 2.31. The summed E-state index contributed by atoms with van der Waals surface area (Å²) in [7, 11) is 0. The summed E-state index contributed by atoms with van der Waals surface area (Å²) < 4.78 is 0. The normalized spacial score (nSPS) is 15.5. The topological polar surface area (TPSA) is 116 Å². The first kappa shape index (κ1) is 31.9. The summed E-state index contributed by atoms with van der Waals surface area (Å²) >= 11 is 0. The van der Waals surface area contributed by atoms with E-state index in [0.29, 0.717) is 60.9 Å². The molecule has 0 bridgehead atoms. The van der Waals surface area contributed by atoms with Crippen molar-refractivity contribution in [2.45, 2.75) is 78.4 Å². The van der Waals surface area contributed by atoms with E-state index in [1.54, 1.807) is 9.80 Å². The van der Waals surface area contributed by atoms with Crippen LogP contribution in [0, 0.1) is 11.8 Å². The fourth-order valence-corrected chi connectivity index (χ4v) is 5.41. The molecule has 1 heterocycles. The van der Waals surface area contributed by atoms with Gasteiger partial charge in [-0.15, -0.1) is 0 Å². The molecule has 1 aliphatic rings. The lowest BCUT2D eigenvalue weighted by molar-refractivity contribution is -0.123. The van der Waals surface area contributed by atoms with Crippen molar-refractivity contribution in [2.75, 3.05) is 22.9 Å². The predicted molar refractivity (Wildman–Crippen MR) is 165 cm³/mol. The molecule has 0 aromatic heterocycles. The zero-order valence-electron chi connectivity index (χ0n) is 24.9. The maximum Gasteiger partial charge on any atom is 0.227 e. The average molecular weight is 563 g/mol. The summed E-state index contributed by atoms with van der Waals surface area (Å²) in [6.45, 7) is 13.0. The fourth-order valence-electron chi connectivity index (χ4n) is 5.41. The van der Waals surface area contributed by atoms with Crippen LogP contribution in [0.1, 0.15) is 70.9 Å². The van der Waals surface area contributed by atoms with Crippen LogP contribution in [0.5, 0.6) is 0 Å². The SMILES string of the molecule is C=C(N[C@@H](Cc1ccccc1)C(O)CC(CCC(C)C)C(N)=O)c1cc(N(CC)C(C)=O)cc(N2CCCC2=O)c1. The Labute approximate surface area is 244 Å². The largest absolute Gasteiger partial charge is 0.391 e. The number of aliphatic hydroxyl groups is 1. The third-order valence-electron chi connectivity index (χ3n) is 7.79. The van der Waals surface area contributed by atoms with Gasteiger partial charge in [-0.25, -0.2) is 0 Å². The van der Waals surface area contributed by atoms with E-state index in [0.717, 1.165) is 18.4 Å². The van der Waals surface area contributed by atoms with E-state index in [2.05, 4.69) is 25.7 Å². The fraction of sp³-hybridized carbons (Fsp3) is 0.485. The van der Waals surface area contributed by atoms with Crippen molar-refractivity contribution in [1.82, 2.24) is 5.32 Å². The van der Waals surface area contributed by atoms with E-state index in [1.807, 2.05) is 55.5 Å². The molecule has 0 aliphatic carbocycles. The second-order valence-electron chi connectivity index (χ2n) is 11.4. The van der Waals surface area contributed by atoms with Gasteiger partial charge in [0.25, 0.3) is 0 Å². The summed E-state index contributed by atoms with van der Waals surface area (Å²) in [6, 6.07) is 15.0. The molecular weight excluding hydrogens is 516 g/mol. The molecular formula is C33H46N4O4. The van der Waals surface area contributed by atoms with Crippen LogP contribution in [0.15, 0.2) is 55.1 Å². The molecule has 4 N–H and O–H groups in total. The van der Waals surface area contributed by atoms with Crippen LogP contribution in [0.2, 0.25) is 0 Å². The van der Waals surface area contributed by atoms with Gasteiger partial charge in [0.15, 0.2) is 0 Å². The van der Waals surface area contributed by atoms with E-state index in [1.165, 1.54) is 6.92 Å². The standard InChI is InChI=1S/C33H46N4O4/c1-6-36(24(5)38)28-18-27(19-29(21-28)37-16-10-13-32(37)40)23(4)35-30(17-25-11-8-7-9-12-25)31(39)20-26(33(34)41)15-14-22(2)3/h7-9,11-12,18-19,21-22,26,30-31,35,39H,4,6,10,13-17,20H2,1-3,5H3,(H2,34,41)/t26?,30-,31?/m0/s1. The smallest absolute Gasteiger partial charge is 0.227 e. The van der Waals surface area contributed by atoms with Crippen molar-refractivity contribution >= 4 is 34.8 Å². The van der Waals surface area contributed by atoms with E-state index in [4.69, 9.17) is 5.73 Å². The lowest BCUT2D eigenvalue weighted by Gasteiger charge is -2.30. The van der Waals surface area contributed by atoms with Crippen molar-refractivity contribution in [3.05, 3.63) is 66.2 Å². The molecule has 8 heteroatoms. The van der Waals surface area contributed by atoms with Gasteiger partial charge in [-0.2, -0.15) is 0 Å². The Morgan fingerprint density at radius 2 is 1.85 bits per heavy atom. The van der Waals surface area contributed by atoms with Crippen molar-refractivity contribution in [1.29, 1.82) is 0 Å². The van der Waals surface area contributed by atoms with Gasteiger partial charge in [-0.3, -0.25) is 14.4 Å². The van der Waals surface area contributed by atoms with Crippen molar-refractivity contribution in [3.63, 3.8) is 0 Å². The molecule has 0 radical (unpaired) electrons. The van der Waals surface area contributed by atoms with Gasteiger partial charge in [0, 0.05) is 55.0 Å². The van der Waals surface area contributed by atoms with Crippen LogP contribution in [0.25, 0.3) is 5.70 Å². The number of aliphatic hydroxyl groups excluding tert-OH is 1. The molecule has 8 nitrogen and oxygen atoms in total. The number of hydrogen-bond acceptors (Lipinski definition) is 5. The minimum absolute atomic E-state index is 0.0498. The molecule has 0 saturated carbocycles. The number of nitrogens with two attached hydrogens (primary N) is 1. The summed E-state index contributed by atoms with van der Waals surface area (Å²) in [5.41, 5.74) is 9.42. The van der Waals surface area contributed by atoms with Gasteiger partial charge in [-0.1, -0.05) is 57.2 Å². The zero-order chi connectivity index (χ0) is 30.1. The quantitative estimate of drug-likeness (QED) is 0.292. The molecule has 3 rings (SSSR count). The molecule has 0 spiro atoms. The first-order chi connectivity index (χ1) is 19.5. The number of carbonyl (C=O) groups excluding carboxylic acids is 3. The summed E-state index contributed by atoms with van der Waals surface area (Å²) in [4.78, 5) is 40.7. The maximum atomic E-state index is 12.6. The molecule has 41 heavy (non-hydrogen) atoms. The third kappa shape index (κ3) is 8.92. The maximum absolute atomic E-state index is 12.6. The molecule has 2 aromatic rings. The number of carbonyl (C=O) groups is 3. The average Bonchev–Trinajstić information content (AvgIpc) is 3.36. The van der Waals surface area contributed by atoms with Gasteiger partial charge in [-0.05, 0) is 62.3 Å². The van der Waals surface area contributed by atoms with Gasteiger partial charge in [0.1, 0.15) is 0 Å². The van der Waals surface area contributed by atoms with Gasteiger partial charge in [0.2, 0.25) is 17.7 Å².